The summed E-state index contributed by atoms with van der Waals surface area (Å²) in [5.41, 5.74) is 0. The molecule has 0 saturated heterocycles. The van der Waals surface area contributed by atoms with Crippen molar-refractivity contribution in [3.05, 3.63) is 48.6 Å². The van der Waals surface area contributed by atoms with Crippen molar-refractivity contribution >= 4 is 19.8 Å². The van der Waals surface area contributed by atoms with E-state index >= 15 is 0 Å². The summed E-state index contributed by atoms with van der Waals surface area (Å²) in [7, 11) is 1.50. The highest BCUT2D eigenvalue weighted by atomic mass is 31.2. The molecule has 0 amide bonds. The number of carbonyl (C=O) groups is 2. The maximum atomic E-state index is 12.9. The quantitative estimate of drug-likeness (QED) is 0.0211. The van der Waals surface area contributed by atoms with Gasteiger partial charge in [-0.2, -0.15) is 0 Å². The third-order valence-electron chi connectivity index (χ3n) is 18.1. The number of phosphoric ester groups is 1. The van der Waals surface area contributed by atoms with Crippen LogP contribution in [0.1, 0.15) is 406 Å². The van der Waals surface area contributed by atoms with E-state index in [-0.39, 0.29) is 25.6 Å². The first-order valence-electron chi connectivity index (χ1n) is 39.9. The number of hydrogen-bond donors (Lipinski definition) is 1. The lowest BCUT2D eigenvalue weighted by Crippen LogP contribution is -2.37. The van der Waals surface area contributed by atoms with Crippen LogP contribution in [0, 0.1) is 0 Å². The summed E-state index contributed by atoms with van der Waals surface area (Å²) in [5.74, 6) is -0.771. The maximum Gasteiger partial charge on any atom is 0.472 e. The average molecular weight is 1300 g/mol. The zero-order valence-electron chi connectivity index (χ0n) is 61.4. The van der Waals surface area contributed by atoms with Gasteiger partial charge in [0.2, 0.25) is 0 Å². The standard InChI is InChI=1S/C81H154NO8P/c1-6-8-10-12-14-16-18-20-22-24-26-28-30-32-34-36-38-40-41-42-44-46-48-50-52-54-56-58-60-62-64-66-68-70-72-74-81(84)90-79(78-89-91(85,86)88-76-75-82(3,4)5)77-87-80(83)73-71-69-67-65-63-61-59-57-55-53-51-49-47-45-43-39-37-35-33-31-29-27-25-23-21-19-17-15-13-11-9-7-2/h8,10,14,16,20,22,26,28,79H,6-7,9,11-13,15,17-19,21,23-25,27,29-78H2,1-5H3/p+1/b10-8-,16-14-,22-20-,28-26-. The van der Waals surface area contributed by atoms with Crippen LogP contribution in [0.2, 0.25) is 0 Å². The number of hydrogen-bond acceptors (Lipinski definition) is 7. The second kappa shape index (κ2) is 72.2. The number of rotatable bonds is 75. The van der Waals surface area contributed by atoms with Crippen LogP contribution in [0.4, 0.5) is 0 Å². The maximum absolute atomic E-state index is 12.9. The van der Waals surface area contributed by atoms with Crippen molar-refractivity contribution < 1.29 is 42.1 Å². The number of allylic oxidation sites excluding steroid dienone is 8. The Labute approximate surface area is 566 Å². The van der Waals surface area contributed by atoms with E-state index in [1.54, 1.807) is 0 Å². The molecule has 536 valence electrons. The zero-order valence-corrected chi connectivity index (χ0v) is 62.3. The molecule has 0 spiro atoms. The van der Waals surface area contributed by atoms with Gasteiger partial charge in [-0.15, -0.1) is 0 Å². The third kappa shape index (κ3) is 76.9. The molecule has 0 bridgehead atoms. The molecule has 9 nitrogen and oxygen atoms in total. The van der Waals surface area contributed by atoms with Gasteiger partial charge in [0.15, 0.2) is 6.10 Å². The Morgan fingerprint density at radius 2 is 0.626 bits per heavy atom. The molecule has 0 rings (SSSR count). The highest BCUT2D eigenvalue weighted by Gasteiger charge is 2.27. The SMILES string of the molecule is CC/C=C\C/C=C\C/C=C\C/C=C\CCCCCCCCCCCCCCCCCCCCCCCCC(=O)OC(COC(=O)CCCCCCCCCCCCCCCCCCCCCCCCCCCCCCCCCC)COP(=O)(O)OCC[N+](C)(C)C. The molecule has 0 aliphatic heterocycles. The number of unbranched alkanes of at least 4 members (excludes halogenated alkanes) is 53. The van der Waals surface area contributed by atoms with Crippen LogP contribution in [0.5, 0.6) is 0 Å². The van der Waals surface area contributed by atoms with E-state index in [2.05, 4.69) is 62.5 Å². The fraction of sp³-hybridized carbons (Fsp3) is 0.877. The second-order valence-corrected chi connectivity index (χ2v) is 29.9. The fourth-order valence-corrected chi connectivity index (χ4v) is 12.8. The number of nitrogens with zero attached hydrogens (tertiary/aromatic N) is 1. The fourth-order valence-electron chi connectivity index (χ4n) is 12.1. The van der Waals surface area contributed by atoms with E-state index in [0.717, 1.165) is 57.8 Å². The van der Waals surface area contributed by atoms with Crippen LogP contribution >= 0.6 is 7.82 Å². The summed E-state index contributed by atoms with van der Waals surface area (Å²) >= 11 is 0. The normalized spacial score (nSPS) is 13.3. The van der Waals surface area contributed by atoms with Crippen molar-refractivity contribution in [2.75, 3.05) is 47.5 Å². The summed E-state index contributed by atoms with van der Waals surface area (Å²) in [6, 6.07) is 0. The van der Waals surface area contributed by atoms with Crippen molar-refractivity contribution in [2.45, 2.75) is 412 Å². The summed E-state index contributed by atoms with van der Waals surface area (Å²) in [5, 5.41) is 0. The average Bonchev–Trinajstić information content (AvgIpc) is 3.73. The molecule has 0 heterocycles. The second-order valence-electron chi connectivity index (χ2n) is 28.4. The molecule has 91 heavy (non-hydrogen) atoms. The van der Waals surface area contributed by atoms with Gasteiger partial charge in [-0.1, -0.05) is 390 Å². The minimum Gasteiger partial charge on any atom is -0.462 e. The number of quaternary nitrogens is 1. The van der Waals surface area contributed by atoms with Gasteiger partial charge in [0.1, 0.15) is 19.8 Å². The molecular weight excluding hydrogens is 1150 g/mol. The Balaban J connectivity index is 3.91. The van der Waals surface area contributed by atoms with Gasteiger partial charge in [-0.3, -0.25) is 18.6 Å². The summed E-state index contributed by atoms with van der Waals surface area (Å²) < 4.78 is 34.8. The van der Waals surface area contributed by atoms with Crippen LogP contribution in [0.15, 0.2) is 48.6 Å². The van der Waals surface area contributed by atoms with Crippen molar-refractivity contribution in [2.24, 2.45) is 0 Å². The largest absolute Gasteiger partial charge is 0.472 e. The van der Waals surface area contributed by atoms with Gasteiger partial charge in [0, 0.05) is 12.8 Å². The highest BCUT2D eigenvalue weighted by molar-refractivity contribution is 7.47. The van der Waals surface area contributed by atoms with Gasteiger partial charge in [0.05, 0.1) is 27.7 Å². The zero-order chi connectivity index (χ0) is 66.2. The van der Waals surface area contributed by atoms with Crippen molar-refractivity contribution in [1.29, 1.82) is 0 Å². The monoisotopic (exact) mass is 1300 g/mol. The van der Waals surface area contributed by atoms with Crippen LogP contribution in [-0.2, 0) is 32.7 Å². The van der Waals surface area contributed by atoms with E-state index in [1.807, 2.05) is 21.1 Å². The Hall–Kier alpha value is -2.03. The molecule has 2 unspecified atom stereocenters. The molecule has 0 saturated carbocycles. The predicted octanol–water partition coefficient (Wildman–Crippen LogP) is 26.3. The molecule has 0 radical (unpaired) electrons. The predicted molar refractivity (Wildman–Crippen MR) is 395 cm³/mol. The molecular formula is C81H155NO8P+. The molecule has 2 atom stereocenters. The molecule has 10 heteroatoms. The Bertz CT molecular complexity index is 1670. The van der Waals surface area contributed by atoms with Crippen molar-refractivity contribution in [3.63, 3.8) is 0 Å². The summed E-state index contributed by atoms with van der Waals surface area (Å²) in [6.45, 7) is 4.41. The lowest BCUT2D eigenvalue weighted by molar-refractivity contribution is -0.870. The van der Waals surface area contributed by atoms with Crippen LogP contribution < -0.4 is 0 Å². The van der Waals surface area contributed by atoms with E-state index in [4.69, 9.17) is 18.5 Å². The Morgan fingerprint density at radius 3 is 0.934 bits per heavy atom. The van der Waals surface area contributed by atoms with E-state index in [9.17, 15) is 19.0 Å². The number of esters is 2. The lowest BCUT2D eigenvalue weighted by atomic mass is 10.0. The molecule has 0 aliphatic rings. The van der Waals surface area contributed by atoms with Gasteiger partial charge >= 0.3 is 19.8 Å². The van der Waals surface area contributed by atoms with Gasteiger partial charge in [-0.25, -0.2) is 4.57 Å². The third-order valence-corrected chi connectivity index (χ3v) is 19.1. The van der Waals surface area contributed by atoms with Crippen molar-refractivity contribution in [3.8, 4) is 0 Å². The van der Waals surface area contributed by atoms with E-state index in [0.29, 0.717) is 23.9 Å². The van der Waals surface area contributed by atoms with E-state index < -0.39 is 26.5 Å². The summed E-state index contributed by atoms with van der Waals surface area (Å²) in [6.07, 6.45) is 95.5. The number of likely N-dealkylation sites (N-methyl/N-ethyl adjacent to an activating group) is 1. The first-order chi connectivity index (χ1) is 44.5. The Morgan fingerprint density at radius 1 is 0.352 bits per heavy atom. The first-order valence-corrected chi connectivity index (χ1v) is 41.4. The lowest BCUT2D eigenvalue weighted by Gasteiger charge is -2.24. The number of ether oxygens (including phenoxy) is 2. The molecule has 0 aliphatic carbocycles. The highest BCUT2D eigenvalue weighted by Crippen LogP contribution is 2.43. The minimum absolute atomic E-state index is 0.0351. The van der Waals surface area contributed by atoms with Crippen LogP contribution in [0.25, 0.3) is 0 Å². The Kier molecular flexibility index (Phi) is 70.6. The molecule has 1 N–H and O–H groups in total. The first kappa shape index (κ1) is 89.0. The number of phosphoric acid groups is 1. The molecule has 0 fully saturated rings. The minimum atomic E-state index is -4.39. The van der Waals surface area contributed by atoms with Gasteiger partial charge in [-0.05, 0) is 51.4 Å². The number of carbonyl (C=O) groups excluding carboxylic acids is 2. The topological polar surface area (TPSA) is 108 Å². The van der Waals surface area contributed by atoms with E-state index in [1.165, 1.54) is 315 Å². The summed E-state index contributed by atoms with van der Waals surface area (Å²) in [4.78, 5) is 36.0. The molecule has 0 aromatic rings. The van der Waals surface area contributed by atoms with Gasteiger partial charge < -0.3 is 18.9 Å². The van der Waals surface area contributed by atoms with Crippen LogP contribution in [0.3, 0.4) is 0 Å². The van der Waals surface area contributed by atoms with Crippen molar-refractivity contribution in [1.82, 2.24) is 0 Å². The smallest absolute Gasteiger partial charge is 0.462 e. The van der Waals surface area contributed by atoms with Gasteiger partial charge in [0.25, 0.3) is 0 Å². The van der Waals surface area contributed by atoms with Crippen LogP contribution in [-0.4, -0.2) is 74.9 Å². The molecule has 0 aromatic carbocycles. The molecule has 0 aromatic heterocycles.